The van der Waals surface area contributed by atoms with Gasteiger partial charge in [-0.1, -0.05) is 0 Å². The van der Waals surface area contributed by atoms with Crippen LogP contribution in [-0.4, -0.2) is 56.9 Å². The third kappa shape index (κ3) is 2.39. The van der Waals surface area contributed by atoms with Crippen LogP contribution in [0.4, 0.5) is 0 Å². The number of methoxy groups -OCH3 is 1. The Balaban J connectivity index is 1.56. The molecule has 134 valence electrons. The van der Waals surface area contributed by atoms with Gasteiger partial charge in [0.2, 0.25) is 0 Å². The van der Waals surface area contributed by atoms with Gasteiger partial charge in [-0.3, -0.25) is 9.89 Å². The molecule has 4 rings (SSSR count). The number of aryl methyl sites for hydroxylation is 1. The van der Waals surface area contributed by atoms with E-state index in [-0.39, 0.29) is 18.1 Å². The van der Waals surface area contributed by atoms with Crippen LogP contribution < -0.4 is 0 Å². The van der Waals surface area contributed by atoms with E-state index in [1.807, 2.05) is 31.7 Å². The van der Waals surface area contributed by atoms with Crippen molar-refractivity contribution in [3.05, 3.63) is 35.2 Å². The number of carbonyl (C=O) groups is 1. The third-order valence-corrected chi connectivity index (χ3v) is 5.24. The van der Waals surface area contributed by atoms with Gasteiger partial charge in [0.15, 0.2) is 11.3 Å². The molecule has 1 fully saturated rings. The lowest BCUT2D eigenvalue weighted by Crippen LogP contribution is -2.63. The molecule has 0 saturated carbocycles. The molecular weight excluding hydrogens is 322 g/mol. The van der Waals surface area contributed by atoms with Gasteiger partial charge in [0.05, 0.1) is 31.0 Å². The monoisotopic (exact) mass is 345 g/mol. The minimum atomic E-state index is -0.548. The molecule has 8 nitrogen and oxygen atoms in total. The second kappa shape index (κ2) is 5.67. The van der Waals surface area contributed by atoms with Crippen molar-refractivity contribution < 1.29 is 14.3 Å². The van der Waals surface area contributed by atoms with Crippen LogP contribution in [0, 0.1) is 0 Å². The second-order valence-corrected chi connectivity index (χ2v) is 6.98. The number of fused-ring (bicyclic) bond motifs is 1. The van der Waals surface area contributed by atoms with Gasteiger partial charge in [-0.2, -0.15) is 5.10 Å². The maximum atomic E-state index is 13.0. The summed E-state index contributed by atoms with van der Waals surface area (Å²) in [7, 11) is 3.59. The highest BCUT2D eigenvalue weighted by atomic mass is 16.5. The molecule has 0 aromatic carbocycles. The number of nitrogens with one attached hydrogen (secondary N) is 1. The molecule has 0 aliphatic carbocycles. The number of amides is 1. The van der Waals surface area contributed by atoms with E-state index < -0.39 is 5.60 Å². The summed E-state index contributed by atoms with van der Waals surface area (Å²) in [5.74, 6) is 0.763. The van der Waals surface area contributed by atoms with Gasteiger partial charge >= 0.3 is 0 Å². The van der Waals surface area contributed by atoms with Crippen LogP contribution in [-0.2, 0) is 28.5 Å². The molecule has 0 unspecified atom stereocenters. The largest absolute Gasteiger partial charge is 0.369 e. The summed E-state index contributed by atoms with van der Waals surface area (Å²) in [6.07, 6.45) is 4.32. The van der Waals surface area contributed by atoms with Crippen molar-refractivity contribution >= 4 is 5.91 Å². The zero-order valence-electron chi connectivity index (χ0n) is 14.9. The van der Waals surface area contributed by atoms with Crippen LogP contribution in [0.3, 0.4) is 0 Å². The van der Waals surface area contributed by atoms with Gasteiger partial charge in [0.25, 0.3) is 5.91 Å². The van der Waals surface area contributed by atoms with E-state index in [4.69, 9.17) is 9.47 Å². The van der Waals surface area contributed by atoms with Crippen LogP contribution in [0.5, 0.6) is 0 Å². The summed E-state index contributed by atoms with van der Waals surface area (Å²) < 4.78 is 13.4. The average Bonchev–Trinajstić information content (AvgIpc) is 3.14. The first-order valence-electron chi connectivity index (χ1n) is 8.50. The third-order valence-electron chi connectivity index (χ3n) is 5.24. The Morgan fingerprint density at radius 1 is 1.44 bits per heavy atom. The van der Waals surface area contributed by atoms with Crippen LogP contribution in [0.15, 0.2) is 12.4 Å². The molecule has 2 atom stereocenters. The number of nitrogens with zero attached hydrogens (tertiary/aromatic N) is 4. The molecule has 0 bridgehead atoms. The van der Waals surface area contributed by atoms with Gasteiger partial charge in [-0.05, 0) is 13.8 Å². The number of likely N-dealkylation sites (tertiary alicyclic amines) is 1. The predicted molar refractivity (Wildman–Crippen MR) is 89.1 cm³/mol. The van der Waals surface area contributed by atoms with Crippen molar-refractivity contribution in [3.8, 4) is 0 Å². The molecular formula is C17H23N5O3. The maximum Gasteiger partial charge on any atom is 0.274 e. The Morgan fingerprint density at radius 3 is 2.84 bits per heavy atom. The molecule has 2 aromatic rings. The molecule has 0 radical (unpaired) electrons. The molecule has 1 amide bonds. The van der Waals surface area contributed by atoms with Crippen LogP contribution in [0.2, 0.25) is 0 Å². The number of rotatable bonds is 3. The van der Waals surface area contributed by atoms with Gasteiger partial charge in [0.1, 0.15) is 5.82 Å². The normalized spacial score (nSPS) is 24.7. The summed E-state index contributed by atoms with van der Waals surface area (Å²) in [5.41, 5.74) is 1.84. The van der Waals surface area contributed by atoms with Crippen molar-refractivity contribution in [1.82, 2.24) is 24.6 Å². The number of H-pyrrole nitrogens is 1. The smallest absolute Gasteiger partial charge is 0.274 e. The fourth-order valence-electron chi connectivity index (χ4n) is 3.88. The summed E-state index contributed by atoms with van der Waals surface area (Å²) in [5, 5.41) is 7.26. The van der Waals surface area contributed by atoms with Gasteiger partial charge in [0, 0.05) is 38.5 Å². The lowest BCUT2D eigenvalue weighted by Gasteiger charge is -2.48. The Morgan fingerprint density at radius 2 is 2.20 bits per heavy atom. The number of carbonyl (C=O) groups excluding carboxylic acids is 1. The summed E-state index contributed by atoms with van der Waals surface area (Å²) in [6, 6.07) is 0. The maximum absolute atomic E-state index is 13.0. The van der Waals surface area contributed by atoms with Crippen LogP contribution in [0.1, 0.15) is 47.5 Å². The van der Waals surface area contributed by atoms with Crippen molar-refractivity contribution in [2.75, 3.05) is 20.2 Å². The molecule has 4 heterocycles. The summed E-state index contributed by atoms with van der Waals surface area (Å²) >= 11 is 0. The molecule has 25 heavy (non-hydrogen) atoms. The molecule has 2 aliphatic rings. The Kier molecular flexibility index (Phi) is 3.69. The predicted octanol–water partition coefficient (Wildman–Crippen LogP) is 1.16. The fraction of sp³-hybridized carbons (Fsp3) is 0.588. The molecule has 1 N–H and O–H groups in total. The van der Waals surface area contributed by atoms with Crippen molar-refractivity contribution in [1.29, 1.82) is 0 Å². The second-order valence-electron chi connectivity index (χ2n) is 6.98. The van der Waals surface area contributed by atoms with Crippen molar-refractivity contribution in [2.45, 2.75) is 38.1 Å². The number of hydrogen-bond donors (Lipinski definition) is 1. The SMILES string of the molecule is COC1(c2nccn2C)CN(C(=O)c2n[nH]c3c2C[C@H](C)O[C@@H]3C)C1. The number of aromatic nitrogens is 4. The van der Waals surface area contributed by atoms with Gasteiger partial charge in [-0.25, -0.2) is 4.98 Å². The first-order valence-corrected chi connectivity index (χ1v) is 8.50. The molecule has 2 aliphatic heterocycles. The van der Waals surface area contributed by atoms with Crippen molar-refractivity contribution in [3.63, 3.8) is 0 Å². The highest BCUT2D eigenvalue weighted by Gasteiger charge is 2.50. The Hall–Kier alpha value is -2.19. The van der Waals surface area contributed by atoms with Crippen molar-refractivity contribution in [2.24, 2.45) is 7.05 Å². The number of hydrogen-bond acceptors (Lipinski definition) is 5. The lowest BCUT2D eigenvalue weighted by atomic mass is 9.91. The van der Waals surface area contributed by atoms with Gasteiger partial charge in [-0.15, -0.1) is 0 Å². The van der Waals surface area contributed by atoms with Gasteiger partial charge < -0.3 is 18.9 Å². The zero-order valence-corrected chi connectivity index (χ0v) is 14.9. The Labute approximate surface area is 146 Å². The number of aromatic amines is 1. The highest BCUT2D eigenvalue weighted by Crippen LogP contribution is 2.36. The fourth-order valence-corrected chi connectivity index (χ4v) is 3.88. The minimum absolute atomic E-state index is 0.0688. The highest BCUT2D eigenvalue weighted by molar-refractivity contribution is 5.94. The summed E-state index contributed by atoms with van der Waals surface area (Å²) in [4.78, 5) is 19.1. The van der Waals surface area contributed by atoms with E-state index in [1.165, 1.54) is 0 Å². The van der Waals surface area contributed by atoms with E-state index >= 15 is 0 Å². The number of imidazole rings is 1. The first kappa shape index (κ1) is 16.3. The Bertz CT molecular complexity index is 805. The molecule has 1 saturated heterocycles. The summed E-state index contributed by atoms with van der Waals surface area (Å²) in [6.45, 7) is 4.93. The molecule has 8 heteroatoms. The zero-order chi connectivity index (χ0) is 17.8. The lowest BCUT2D eigenvalue weighted by molar-refractivity contribution is -0.121. The average molecular weight is 345 g/mol. The van der Waals surface area contributed by atoms with E-state index in [9.17, 15) is 4.79 Å². The topological polar surface area (TPSA) is 85.3 Å². The first-order chi connectivity index (χ1) is 11.9. The molecule has 2 aromatic heterocycles. The van der Waals surface area contributed by atoms with E-state index in [1.54, 1.807) is 18.2 Å². The van der Waals surface area contributed by atoms with E-state index in [0.717, 1.165) is 17.1 Å². The van der Waals surface area contributed by atoms with E-state index in [2.05, 4.69) is 15.2 Å². The minimum Gasteiger partial charge on any atom is -0.369 e. The van der Waals surface area contributed by atoms with Crippen LogP contribution in [0.25, 0.3) is 0 Å². The molecule has 0 spiro atoms. The van der Waals surface area contributed by atoms with Crippen LogP contribution >= 0.6 is 0 Å². The standard InChI is InChI=1S/C17H23N5O3/c1-10-7-12-13(11(2)25-10)19-20-14(12)15(23)22-8-17(9-22,24-4)16-18-5-6-21(16)3/h5-6,10-11H,7-9H2,1-4H3,(H,19,20)/t10-,11+/m0/s1. The van der Waals surface area contributed by atoms with E-state index in [0.29, 0.717) is 25.2 Å². The quantitative estimate of drug-likeness (QED) is 0.902. The number of ether oxygens (including phenoxy) is 2.